The van der Waals surface area contributed by atoms with Gasteiger partial charge in [0.2, 0.25) is 0 Å². The molecule has 0 saturated heterocycles. The first-order chi connectivity index (χ1) is 9.55. The van der Waals surface area contributed by atoms with E-state index in [0.29, 0.717) is 24.3 Å². The van der Waals surface area contributed by atoms with Crippen LogP contribution in [0.4, 0.5) is 8.78 Å². The van der Waals surface area contributed by atoms with Crippen molar-refractivity contribution >= 4 is 0 Å². The smallest absolute Gasteiger partial charge is 0.159 e. The van der Waals surface area contributed by atoms with Crippen molar-refractivity contribution in [1.82, 2.24) is 0 Å². The second-order valence-electron chi connectivity index (χ2n) is 6.10. The Morgan fingerprint density at radius 2 is 1.85 bits per heavy atom. The number of benzene rings is 1. The first kappa shape index (κ1) is 15.4. The van der Waals surface area contributed by atoms with Gasteiger partial charge in [-0.05, 0) is 49.3 Å². The molecule has 0 spiro atoms. The number of halogens is 2. The van der Waals surface area contributed by atoms with Gasteiger partial charge in [0.1, 0.15) is 0 Å². The lowest BCUT2D eigenvalue weighted by Crippen LogP contribution is -2.31. The van der Waals surface area contributed by atoms with Crippen LogP contribution in [0.1, 0.15) is 63.9 Å². The molecule has 1 saturated carbocycles. The Bertz CT molecular complexity index is 437. The molecule has 2 rings (SSSR count). The van der Waals surface area contributed by atoms with Crippen LogP contribution in [0.15, 0.2) is 18.2 Å². The van der Waals surface area contributed by atoms with Crippen LogP contribution in [-0.4, -0.2) is 5.11 Å². The summed E-state index contributed by atoms with van der Waals surface area (Å²) < 4.78 is 26.3. The predicted octanol–water partition coefficient (Wildman–Crippen LogP) is 4.92. The van der Waals surface area contributed by atoms with E-state index in [0.717, 1.165) is 25.0 Å². The molecule has 0 bridgehead atoms. The van der Waals surface area contributed by atoms with E-state index < -0.39 is 17.2 Å². The highest BCUT2D eigenvalue weighted by molar-refractivity contribution is 5.24. The summed E-state index contributed by atoms with van der Waals surface area (Å²) in [6, 6.07) is 3.76. The molecule has 1 fully saturated rings. The zero-order chi connectivity index (χ0) is 14.6. The summed E-state index contributed by atoms with van der Waals surface area (Å²) in [5.41, 5.74) is -0.459. The summed E-state index contributed by atoms with van der Waals surface area (Å²) in [6.07, 6.45) is 8.21. The van der Waals surface area contributed by atoms with E-state index in [9.17, 15) is 13.9 Å². The Balaban J connectivity index is 1.95. The van der Waals surface area contributed by atoms with E-state index in [2.05, 4.69) is 6.92 Å². The van der Waals surface area contributed by atoms with Crippen LogP contribution in [0.3, 0.4) is 0 Å². The lowest BCUT2D eigenvalue weighted by atomic mass is 9.74. The minimum absolute atomic E-state index is 0.517. The molecule has 112 valence electrons. The Kier molecular flexibility index (Phi) is 5.14. The second-order valence-corrected chi connectivity index (χ2v) is 6.10. The third-order valence-corrected chi connectivity index (χ3v) is 4.61. The zero-order valence-electron chi connectivity index (χ0n) is 12.2. The van der Waals surface area contributed by atoms with Gasteiger partial charge >= 0.3 is 0 Å². The molecule has 0 amide bonds. The molecule has 0 aromatic heterocycles. The number of hydrogen-bond donors (Lipinski definition) is 1. The molecule has 0 unspecified atom stereocenters. The van der Waals surface area contributed by atoms with Gasteiger partial charge in [-0.25, -0.2) is 8.78 Å². The van der Waals surface area contributed by atoms with Gasteiger partial charge in [0.05, 0.1) is 5.60 Å². The van der Waals surface area contributed by atoms with Crippen molar-refractivity contribution in [2.45, 2.75) is 63.9 Å². The highest BCUT2D eigenvalue weighted by Crippen LogP contribution is 2.41. The molecule has 1 aliphatic carbocycles. The number of hydrogen-bond acceptors (Lipinski definition) is 1. The number of aliphatic hydroxyl groups is 1. The third-order valence-electron chi connectivity index (χ3n) is 4.61. The first-order valence-corrected chi connectivity index (χ1v) is 7.73. The molecule has 1 aromatic carbocycles. The maximum Gasteiger partial charge on any atom is 0.159 e. The van der Waals surface area contributed by atoms with Gasteiger partial charge in [-0.1, -0.05) is 38.7 Å². The molecule has 3 heteroatoms. The van der Waals surface area contributed by atoms with Crippen molar-refractivity contribution in [2.24, 2.45) is 5.92 Å². The fraction of sp³-hybridized carbons (Fsp3) is 0.647. The van der Waals surface area contributed by atoms with Gasteiger partial charge in [-0.3, -0.25) is 0 Å². The lowest BCUT2D eigenvalue weighted by molar-refractivity contribution is -0.0157. The molecular formula is C17H24F2O. The number of unbranched alkanes of at least 4 members (excludes halogenated alkanes) is 2. The minimum Gasteiger partial charge on any atom is -0.385 e. The van der Waals surface area contributed by atoms with Crippen molar-refractivity contribution < 1.29 is 13.9 Å². The summed E-state index contributed by atoms with van der Waals surface area (Å²) in [7, 11) is 0. The summed E-state index contributed by atoms with van der Waals surface area (Å²) >= 11 is 0. The quantitative estimate of drug-likeness (QED) is 0.760. The van der Waals surface area contributed by atoms with Gasteiger partial charge in [0.25, 0.3) is 0 Å². The van der Waals surface area contributed by atoms with Crippen molar-refractivity contribution in [3.8, 4) is 0 Å². The van der Waals surface area contributed by atoms with Crippen LogP contribution in [0.25, 0.3) is 0 Å². The fourth-order valence-corrected chi connectivity index (χ4v) is 3.20. The van der Waals surface area contributed by atoms with E-state index in [1.807, 2.05) is 0 Å². The van der Waals surface area contributed by atoms with Crippen LogP contribution in [-0.2, 0) is 5.60 Å². The summed E-state index contributed by atoms with van der Waals surface area (Å²) in [5, 5.41) is 10.7. The molecule has 20 heavy (non-hydrogen) atoms. The first-order valence-electron chi connectivity index (χ1n) is 7.73. The van der Waals surface area contributed by atoms with Gasteiger partial charge in [-0.2, -0.15) is 0 Å². The standard InChI is InChI=1S/C17H24F2O/c1-2-3-4-5-13-8-10-17(20,11-9-13)14-6-7-15(18)16(19)12-14/h6-7,12-13,20H,2-5,8-11H2,1H3. The molecule has 0 heterocycles. The Morgan fingerprint density at radius 3 is 2.45 bits per heavy atom. The SMILES string of the molecule is CCCCCC1CCC(O)(c2ccc(F)c(F)c2)CC1. The predicted molar refractivity (Wildman–Crippen MR) is 76.4 cm³/mol. The van der Waals surface area contributed by atoms with Gasteiger partial charge in [-0.15, -0.1) is 0 Å². The number of rotatable bonds is 5. The highest BCUT2D eigenvalue weighted by atomic mass is 19.2. The minimum atomic E-state index is -0.976. The van der Waals surface area contributed by atoms with E-state index in [4.69, 9.17) is 0 Å². The van der Waals surface area contributed by atoms with E-state index in [1.165, 1.54) is 31.7 Å². The van der Waals surface area contributed by atoms with Crippen molar-refractivity contribution in [3.05, 3.63) is 35.4 Å². The average Bonchev–Trinajstić information content (AvgIpc) is 2.44. The van der Waals surface area contributed by atoms with Crippen LogP contribution >= 0.6 is 0 Å². The molecule has 1 N–H and O–H groups in total. The summed E-state index contributed by atoms with van der Waals surface area (Å²) in [6.45, 7) is 2.20. The van der Waals surface area contributed by atoms with Crippen molar-refractivity contribution in [2.75, 3.05) is 0 Å². The molecule has 0 atom stereocenters. The van der Waals surface area contributed by atoms with Crippen molar-refractivity contribution in [3.63, 3.8) is 0 Å². The summed E-state index contributed by atoms with van der Waals surface area (Å²) in [4.78, 5) is 0. The average molecular weight is 282 g/mol. The Labute approximate surface area is 120 Å². The third kappa shape index (κ3) is 3.57. The maximum atomic E-state index is 13.3. The lowest BCUT2D eigenvalue weighted by Gasteiger charge is -2.36. The fourth-order valence-electron chi connectivity index (χ4n) is 3.20. The molecule has 1 aromatic rings. The van der Waals surface area contributed by atoms with Crippen LogP contribution < -0.4 is 0 Å². The molecular weight excluding hydrogens is 258 g/mol. The topological polar surface area (TPSA) is 20.2 Å². The van der Waals surface area contributed by atoms with Gasteiger partial charge < -0.3 is 5.11 Å². The molecule has 0 radical (unpaired) electrons. The van der Waals surface area contributed by atoms with E-state index >= 15 is 0 Å². The molecule has 0 aliphatic heterocycles. The van der Waals surface area contributed by atoms with Gasteiger partial charge in [0.15, 0.2) is 11.6 Å². The van der Waals surface area contributed by atoms with Crippen LogP contribution in [0.2, 0.25) is 0 Å². The Hall–Kier alpha value is -0.960. The monoisotopic (exact) mass is 282 g/mol. The summed E-state index contributed by atoms with van der Waals surface area (Å²) in [5.74, 6) is -1.06. The largest absolute Gasteiger partial charge is 0.385 e. The van der Waals surface area contributed by atoms with E-state index in [1.54, 1.807) is 0 Å². The Morgan fingerprint density at radius 1 is 1.15 bits per heavy atom. The molecule has 1 aliphatic rings. The highest BCUT2D eigenvalue weighted by Gasteiger charge is 2.34. The second kappa shape index (κ2) is 6.66. The maximum absolute atomic E-state index is 13.3. The zero-order valence-corrected chi connectivity index (χ0v) is 12.2. The van der Waals surface area contributed by atoms with Crippen LogP contribution in [0, 0.1) is 17.6 Å². The van der Waals surface area contributed by atoms with Crippen LogP contribution in [0.5, 0.6) is 0 Å². The van der Waals surface area contributed by atoms with Crippen molar-refractivity contribution in [1.29, 1.82) is 0 Å². The normalized spacial score (nSPS) is 26.7. The van der Waals surface area contributed by atoms with Gasteiger partial charge in [0, 0.05) is 0 Å². The molecule has 1 nitrogen and oxygen atoms in total. The van der Waals surface area contributed by atoms with E-state index in [-0.39, 0.29) is 0 Å².